The van der Waals surface area contributed by atoms with Gasteiger partial charge in [0, 0.05) is 12.6 Å². The van der Waals surface area contributed by atoms with Gasteiger partial charge in [0.15, 0.2) is 0 Å². The van der Waals surface area contributed by atoms with Crippen molar-refractivity contribution in [3.05, 3.63) is 0 Å². The maximum absolute atomic E-state index is 11.2. The molecule has 0 bridgehead atoms. The van der Waals surface area contributed by atoms with Crippen molar-refractivity contribution < 1.29 is 9.53 Å². The minimum absolute atomic E-state index is 0.0694. The number of ether oxygens (including phenoxy) is 1. The lowest BCUT2D eigenvalue weighted by molar-refractivity contribution is -0.122. The zero-order valence-electron chi connectivity index (χ0n) is 8.05. The highest BCUT2D eigenvalue weighted by molar-refractivity contribution is 9.10. The summed E-state index contributed by atoms with van der Waals surface area (Å²) in [4.78, 5) is 11.1. The number of carbonyl (C=O) groups excluding carboxylic acids is 1. The van der Waals surface area contributed by atoms with Crippen LogP contribution in [0.4, 0.5) is 0 Å². The first-order valence-corrected chi connectivity index (χ1v) is 5.61. The Hall–Kier alpha value is -0.0900. The second kappa shape index (κ2) is 4.96. The van der Waals surface area contributed by atoms with Gasteiger partial charge in [0.25, 0.3) is 0 Å². The van der Waals surface area contributed by atoms with Gasteiger partial charge in [0.05, 0.1) is 10.9 Å². The first-order valence-electron chi connectivity index (χ1n) is 4.69. The van der Waals surface area contributed by atoms with Gasteiger partial charge in [-0.15, -0.1) is 0 Å². The molecule has 1 aliphatic rings. The number of halogens is 1. The Kier molecular flexibility index (Phi) is 4.19. The summed E-state index contributed by atoms with van der Waals surface area (Å²) in [5.74, 6) is 0.0694. The monoisotopic (exact) mass is 249 g/mol. The first-order chi connectivity index (χ1) is 6.13. The molecule has 1 amide bonds. The van der Waals surface area contributed by atoms with E-state index in [4.69, 9.17) is 4.74 Å². The Morgan fingerprint density at radius 3 is 2.77 bits per heavy atom. The zero-order valence-corrected chi connectivity index (χ0v) is 9.63. The molecule has 0 aromatic rings. The molecule has 1 aliphatic carbocycles. The molecule has 1 fully saturated rings. The molecule has 0 aliphatic heterocycles. The van der Waals surface area contributed by atoms with Gasteiger partial charge in [0.2, 0.25) is 5.91 Å². The van der Waals surface area contributed by atoms with Crippen LogP contribution in [0.3, 0.4) is 0 Å². The molecule has 3 nitrogen and oxygen atoms in total. The molecular weight excluding hydrogens is 234 g/mol. The standard InChI is InChI=1S/C9H16BrNO2/c1-3-13-8-4-7(5-8)11-9(12)6(2)10/h6-8H,3-5H2,1-2H3,(H,11,12). The molecule has 4 heteroatoms. The fourth-order valence-corrected chi connectivity index (χ4v) is 1.50. The highest BCUT2D eigenvalue weighted by Crippen LogP contribution is 2.23. The number of alkyl halides is 1. The van der Waals surface area contributed by atoms with Gasteiger partial charge in [-0.1, -0.05) is 15.9 Å². The van der Waals surface area contributed by atoms with Crippen LogP contribution in [0.15, 0.2) is 0 Å². The van der Waals surface area contributed by atoms with E-state index < -0.39 is 0 Å². The maximum atomic E-state index is 11.2. The summed E-state index contributed by atoms with van der Waals surface area (Å²) in [6.07, 6.45) is 2.28. The largest absolute Gasteiger partial charge is 0.378 e. The van der Waals surface area contributed by atoms with Crippen molar-refractivity contribution in [2.45, 2.75) is 43.7 Å². The number of rotatable bonds is 4. The predicted octanol–water partition coefficient (Wildman–Crippen LogP) is 1.45. The molecule has 0 aromatic carbocycles. The molecular formula is C9H16BrNO2. The van der Waals surface area contributed by atoms with Gasteiger partial charge in [-0.3, -0.25) is 4.79 Å². The highest BCUT2D eigenvalue weighted by atomic mass is 79.9. The Bertz CT molecular complexity index is 178. The van der Waals surface area contributed by atoms with Gasteiger partial charge in [0.1, 0.15) is 0 Å². The fourth-order valence-electron chi connectivity index (χ4n) is 1.37. The molecule has 1 atom stereocenters. The van der Waals surface area contributed by atoms with Gasteiger partial charge >= 0.3 is 0 Å². The van der Waals surface area contributed by atoms with E-state index in [1.54, 1.807) is 0 Å². The minimum Gasteiger partial charge on any atom is -0.378 e. The van der Waals surface area contributed by atoms with Crippen LogP contribution in [-0.2, 0) is 9.53 Å². The summed E-state index contributed by atoms with van der Waals surface area (Å²) in [6.45, 7) is 4.58. The number of nitrogens with one attached hydrogen (secondary N) is 1. The van der Waals surface area contributed by atoms with Crippen molar-refractivity contribution >= 4 is 21.8 Å². The van der Waals surface area contributed by atoms with Gasteiger partial charge in [-0.25, -0.2) is 0 Å². The third kappa shape index (κ3) is 3.27. The van der Waals surface area contributed by atoms with Crippen LogP contribution in [0.25, 0.3) is 0 Å². The summed E-state index contributed by atoms with van der Waals surface area (Å²) >= 11 is 3.22. The second-order valence-corrected chi connectivity index (χ2v) is 4.74. The van der Waals surface area contributed by atoms with E-state index in [0.717, 1.165) is 19.4 Å². The highest BCUT2D eigenvalue weighted by Gasteiger charge is 2.31. The van der Waals surface area contributed by atoms with Crippen LogP contribution in [0.2, 0.25) is 0 Å². The van der Waals surface area contributed by atoms with Crippen molar-refractivity contribution in [2.75, 3.05) is 6.61 Å². The van der Waals surface area contributed by atoms with E-state index in [-0.39, 0.29) is 10.7 Å². The first kappa shape index (κ1) is 11.0. The van der Waals surface area contributed by atoms with Gasteiger partial charge < -0.3 is 10.1 Å². The SMILES string of the molecule is CCOC1CC(NC(=O)C(C)Br)C1. The van der Waals surface area contributed by atoms with Crippen LogP contribution >= 0.6 is 15.9 Å². The number of hydrogen-bond acceptors (Lipinski definition) is 2. The van der Waals surface area contributed by atoms with Crippen molar-refractivity contribution in [1.82, 2.24) is 5.32 Å². The predicted molar refractivity (Wildman–Crippen MR) is 55.0 cm³/mol. The third-order valence-electron chi connectivity index (χ3n) is 2.20. The Morgan fingerprint density at radius 2 is 2.31 bits per heavy atom. The second-order valence-electron chi connectivity index (χ2n) is 3.37. The molecule has 0 spiro atoms. The molecule has 0 radical (unpaired) electrons. The van der Waals surface area contributed by atoms with E-state index in [2.05, 4.69) is 21.2 Å². The Morgan fingerprint density at radius 1 is 1.69 bits per heavy atom. The molecule has 1 N–H and O–H groups in total. The molecule has 0 heterocycles. The van der Waals surface area contributed by atoms with Crippen molar-refractivity contribution in [1.29, 1.82) is 0 Å². The lowest BCUT2D eigenvalue weighted by Gasteiger charge is -2.35. The van der Waals surface area contributed by atoms with E-state index >= 15 is 0 Å². The average molecular weight is 250 g/mol. The minimum atomic E-state index is -0.0985. The molecule has 0 saturated heterocycles. The molecule has 76 valence electrons. The van der Waals surface area contributed by atoms with E-state index in [9.17, 15) is 4.79 Å². The molecule has 13 heavy (non-hydrogen) atoms. The molecule has 1 rings (SSSR count). The smallest absolute Gasteiger partial charge is 0.233 e. The Balaban J connectivity index is 2.11. The zero-order chi connectivity index (χ0) is 9.84. The van der Waals surface area contributed by atoms with Crippen LogP contribution in [0.5, 0.6) is 0 Å². The quantitative estimate of drug-likeness (QED) is 0.767. The van der Waals surface area contributed by atoms with Crippen molar-refractivity contribution in [3.8, 4) is 0 Å². The number of amides is 1. The normalized spacial score (nSPS) is 29.2. The summed E-state index contributed by atoms with van der Waals surface area (Å²) in [6, 6.07) is 0.323. The third-order valence-corrected chi connectivity index (χ3v) is 2.62. The topological polar surface area (TPSA) is 38.3 Å². The summed E-state index contributed by atoms with van der Waals surface area (Å²) in [5, 5.41) is 2.94. The van der Waals surface area contributed by atoms with E-state index in [1.165, 1.54) is 0 Å². The molecule has 1 unspecified atom stereocenters. The lowest BCUT2D eigenvalue weighted by Crippen LogP contribution is -2.49. The fraction of sp³-hybridized carbons (Fsp3) is 0.889. The van der Waals surface area contributed by atoms with Crippen molar-refractivity contribution in [3.63, 3.8) is 0 Å². The summed E-state index contributed by atoms with van der Waals surface area (Å²) in [7, 11) is 0. The van der Waals surface area contributed by atoms with Gasteiger partial charge in [-0.2, -0.15) is 0 Å². The van der Waals surface area contributed by atoms with Crippen LogP contribution < -0.4 is 5.32 Å². The van der Waals surface area contributed by atoms with Crippen LogP contribution in [0, 0.1) is 0 Å². The average Bonchev–Trinajstić information content (AvgIpc) is 2.00. The Labute approximate surface area is 87.3 Å². The number of hydrogen-bond donors (Lipinski definition) is 1. The van der Waals surface area contributed by atoms with Crippen LogP contribution in [0.1, 0.15) is 26.7 Å². The van der Waals surface area contributed by atoms with E-state index in [1.807, 2.05) is 13.8 Å². The maximum Gasteiger partial charge on any atom is 0.233 e. The lowest BCUT2D eigenvalue weighted by atomic mass is 9.89. The van der Waals surface area contributed by atoms with E-state index in [0.29, 0.717) is 12.1 Å². The van der Waals surface area contributed by atoms with Crippen molar-refractivity contribution in [2.24, 2.45) is 0 Å². The summed E-state index contributed by atoms with van der Waals surface area (Å²) in [5.41, 5.74) is 0. The number of carbonyl (C=O) groups is 1. The molecule has 0 aromatic heterocycles. The summed E-state index contributed by atoms with van der Waals surface area (Å²) < 4.78 is 5.39. The van der Waals surface area contributed by atoms with Gasteiger partial charge in [-0.05, 0) is 26.7 Å². The van der Waals surface area contributed by atoms with Crippen LogP contribution in [-0.4, -0.2) is 29.5 Å². The molecule has 1 saturated carbocycles.